The van der Waals surface area contributed by atoms with E-state index in [9.17, 15) is 14.9 Å². The number of aromatic nitrogens is 3. The van der Waals surface area contributed by atoms with Gasteiger partial charge in [0.2, 0.25) is 0 Å². The number of ether oxygens (including phenoxy) is 1. The third-order valence-electron chi connectivity index (χ3n) is 6.85. The van der Waals surface area contributed by atoms with Gasteiger partial charge in [-0.2, -0.15) is 10.4 Å². The third kappa shape index (κ3) is 5.85. The summed E-state index contributed by atoms with van der Waals surface area (Å²) in [5.74, 6) is -0.322. The van der Waals surface area contributed by atoms with E-state index >= 15 is 0 Å². The van der Waals surface area contributed by atoms with Gasteiger partial charge in [0.15, 0.2) is 0 Å². The number of nitriles is 1. The van der Waals surface area contributed by atoms with Crippen LogP contribution in [0.5, 0.6) is 5.75 Å². The van der Waals surface area contributed by atoms with E-state index in [0.717, 1.165) is 34.7 Å². The zero-order chi connectivity index (χ0) is 28.8. The number of amides is 2. The Bertz CT molecular complexity index is 1660. The van der Waals surface area contributed by atoms with Crippen molar-refractivity contribution >= 4 is 17.9 Å². The lowest BCUT2D eigenvalue weighted by Gasteiger charge is -2.27. The molecule has 0 saturated heterocycles. The summed E-state index contributed by atoms with van der Waals surface area (Å²) < 4.78 is 7.58. The standard InChI is InChI=1S/C33H29N5O3/c1-3-4-17-41-28-14-12-25(13-15-28)31-26(22-38(36-31)27-10-6-5-7-11-27)18-29-23(2)30(19-34)33(40)37(32(29)39)21-24-9-8-16-35-20-24/h5-16,18,20,22H,3-4,17,21H2,1-2H3/b29-18+. The lowest BCUT2D eigenvalue weighted by Crippen LogP contribution is -2.42. The van der Waals surface area contributed by atoms with Gasteiger partial charge < -0.3 is 4.74 Å². The molecule has 2 aromatic carbocycles. The van der Waals surface area contributed by atoms with Crippen molar-refractivity contribution < 1.29 is 14.3 Å². The van der Waals surface area contributed by atoms with Crippen LogP contribution < -0.4 is 4.74 Å². The molecule has 8 heteroatoms. The first-order valence-electron chi connectivity index (χ1n) is 13.5. The number of hydrogen-bond acceptors (Lipinski definition) is 6. The molecule has 1 aliphatic heterocycles. The van der Waals surface area contributed by atoms with Crippen molar-refractivity contribution in [2.75, 3.05) is 6.61 Å². The predicted molar refractivity (Wildman–Crippen MR) is 155 cm³/mol. The van der Waals surface area contributed by atoms with Gasteiger partial charge in [0.1, 0.15) is 17.4 Å². The number of imide groups is 1. The molecule has 0 radical (unpaired) electrons. The van der Waals surface area contributed by atoms with Crippen LogP contribution in [0.1, 0.15) is 37.8 Å². The Morgan fingerprint density at radius 3 is 2.46 bits per heavy atom. The fourth-order valence-electron chi connectivity index (χ4n) is 4.58. The molecule has 204 valence electrons. The summed E-state index contributed by atoms with van der Waals surface area (Å²) in [6.45, 7) is 4.41. The van der Waals surface area contributed by atoms with E-state index in [0.29, 0.717) is 29.0 Å². The minimum Gasteiger partial charge on any atom is -0.494 e. The van der Waals surface area contributed by atoms with Crippen molar-refractivity contribution in [1.29, 1.82) is 5.26 Å². The Hall–Kier alpha value is -5.29. The Labute approximate surface area is 238 Å². The van der Waals surface area contributed by atoms with Gasteiger partial charge in [-0.3, -0.25) is 19.5 Å². The van der Waals surface area contributed by atoms with E-state index < -0.39 is 11.8 Å². The maximum atomic E-state index is 13.7. The van der Waals surface area contributed by atoms with E-state index in [-0.39, 0.29) is 17.7 Å². The van der Waals surface area contributed by atoms with Crippen molar-refractivity contribution in [3.8, 4) is 28.8 Å². The van der Waals surface area contributed by atoms with E-state index in [4.69, 9.17) is 9.84 Å². The summed E-state index contributed by atoms with van der Waals surface area (Å²) in [4.78, 5) is 32.1. The summed E-state index contributed by atoms with van der Waals surface area (Å²) in [7, 11) is 0. The van der Waals surface area contributed by atoms with Gasteiger partial charge in [0.05, 0.1) is 24.5 Å². The van der Waals surface area contributed by atoms with E-state index in [1.54, 1.807) is 42.2 Å². The number of para-hydroxylation sites is 1. The number of carbonyl (C=O) groups excluding carboxylic acids is 2. The predicted octanol–water partition coefficient (Wildman–Crippen LogP) is 5.91. The third-order valence-corrected chi connectivity index (χ3v) is 6.85. The molecule has 0 aliphatic carbocycles. The van der Waals surface area contributed by atoms with E-state index in [2.05, 4.69) is 11.9 Å². The molecule has 0 spiro atoms. The number of pyridine rings is 1. The normalized spacial score (nSPS) is 14.5. The van der Waals surface area contributed by atoms with Gasteiger partial charge in [0, 0.05) is 35.3 Å². The fourth-order valence-corrected chi connectivity index (χ4v) is 4.58. The second kappa shape index (κ2) is 12.3. The zero-order valence-electron chi connectivity index (χ0n) is 22.9. The van der Waals surface area contributed by atoms with Crippen molar-refractivity contribution in [2.24, 2.45) is 0 Å². The van der Waals surface area contributed by atoms with E-state index in [1.807, 2.05) is 66.9 Å². The first-order valence-corrected chi connectivity index (χ1v) is 13.5. The summed E-state index contributed by atoms with van der Waals surface area (Å²) in [5, 5.41) is 14.7. The van der Waals surface area contributed by atoms with Crippen LogP contribution in [-0.2, 0) is 16.1 Å². The van der Waals surface area contributed by atoms with Crippen LogP contribution in [0.2, 0.25) is 0 Å². The molecule has 0 saturated carbocycles. The Morgan fingerprint density at radius 2 is 1.78 bits per heavy atom. The molecule has 0 unspecified atom stereocenters. The topological polar surface area (TPSA) is 101 Å². The Kier molecular flexibility index (Phi) is 8.16. The minimum absolute atomic E-state index is 0.0108. The smallest absolute Gasteiger partial charge is 0.271 e. The van der Waals surface area contributed by atoms with Crippen molar-refractivity contribution in [1.82, 2.24) is 19.7 Å². The van der Waals surface area contributed by atoms with Gasteiger partial charge in [-0.25, -0.2) is 4.68 Å². The average Bonchev–Trinajstić information content (AvgIpc) is 3.43. The zero-order valence-corrected chi connectivity index (χ0v) is 22.9. The molecule has 0 N–H and O–H groups in total. The highest BCUT2D eigenvalue weighted by atomic mass is 16.5. The number of carbonyl (C=O) groups is 2. The van der Waals surface area contributed by atoms with Crippen molar-refractivity contribution in [2.45, 2.75) is 33.2 Å². The molecule has 3 heterocycles. The summed E-state index contributed by atoms with van der Waals surface area (Å²) >= 11 is 0. The van der Waals surface area contributed by atoms with Crippen LogP contribution in [0, 0.1) is 11.3 Å². The van der Waals surface area contributed by atoms with Crippen LogP contribution in [-0.4, -0.2) is 38.1 Å². The second-order valence-corrected chi connectivity index (χ2v) is 9.67. The van der Waals surface area contributed by atoms with Gasteiger partial charge in [0.25, 0.3) is 11.8 Å². The van der Waals surface area contributed by atoms with Crippen molar-refractivity contribution in [3.63, 3.8) is 0 Å². The molecule has 41 heavy (non-hydrogen) atoms. The van der Waals surface area contributed by atoms with Crippen molar-refractivity contribution in [3.05, 3.63) is 113 Å². The highest BCUT2D eigenvalue weighted by molar-refractivity contribution is 6.19. The SMILES string of the molecule is CCCCOc1ccc(-c2nn(-c3ccccc3)cc2/C=C2/C(=O)N(Cc3cccnc3)C(=O)C(C#N)=C2C)cc1. The fraction of sp³-hybridized carbons (Fsp3) is 0.182. The lowest BCUT2D eigenvalue weighted by atomic mass is 9.93. The molecule has 5 rings (SSSR count). The van der Waals surface area contributed by atoms with E-state index in [1.165, 1.54) is 0 Å². The van der Waals surface area contributed by atoms with Gasteiger partial charge >= 0.3 is 0 Å². The number of benzene rings is 2. The van der Waals surface area contributed by atoms with Crippen LogP contribution in [0.25, 0.3) is 23.0 Å². The molecule has 0 bridgehead atoms. The lowest BCUT2D eigenvalue weighted by molar-refractivity contribution is -0.141. The monoisotopic (exact) mass is 543 g/mol. The Balaban J connectivity index is 1.59. The summed E-state index contributed by atoms with van der Waals surface area (Å²) in [6, 6.07) is 22.9. The number of hydrogen-bond donors (Lipinski definition) is 0. The van der Waals surface area contributed by atoms with Gasteiger partial charge in [-0.05, 0) is 73.0 Å². The van der Waals surface area contributed by atoms with Crippen LogP contribution in [0.3, 0.4) is 0 Å². The largest absolute Gasteiger partial charge is 0.494 e. The average molecular weight is 544 g/mol. The molecule has 2 amide bonds. The molecular formula is C33H29N5O3. The minimum atomic E-state index is -0.616. The molecule has 1 aliphatic rings. The molecule has 2 aromatic heterocycles. The van der Waals surface area contributed by atoms with Gasteiger partial charge in [-0.1, -0.05) is 37.6 Å². The summed E-state index contributed by atoms with van der Waals surface area (Å²) in [6.07, 6.45) is 8.81. The molecule has 0 atom stereocenters. The molecule has 4 aromatic rings. The maximum absolute atomic E-state index is 13.7. The Morgan fingerprint density at radius 1 is 1.00 bits per heavy atom. The first kappa shape index (κ1) is 27.3. The number of nitrogens with zero attached hydrogens (tertiary/aromatic N) is 5. The molecule has 8 nitrogen and oxygen atoms in total. The van der Waals surface area contributed by atoms with Crippen LogP contribution in [0.4, 0.5) is 0 Å². The second-order valence-electron chi connectivity index (χ2n) is 9.67. The number of unbranched alkanes of at least 4 members (excludes halogenated alkanes) is 1. The van der Waals surface area contributed by atoms with Crippen LogP contribution >= 0.6 is 0 Å². The first-order chi connectivity index (χ1) is 20.0. The quantitative estimate of drug-likeness (QED) is 0.148. The highest BCUT2D eigenvalue weighted by Gasteiger charge is 2.35. The molecular weight excluding hydrogens is 514 g/mol. The van der Waals surface area contributed by atoms with Crippen LogP contribution in [0.15, 0.2) is 102 Å². The number of rotatable bonds is 9. The van der Waals surface area contributed by atoms with Gasteiger partial charge in [-0.15, -0.1) is 0 Å². The highest BCUT2D eigenvalue weighted by Crippen LogP contribution is 2.32. The summed E-state index contributed by atoms with van der Waals surface area (Å²) in [5.41, 5.74) is 4.23. The maximum Gasteiger partial charge on any atom is 0.271 e. The molecule has 0 fully saturated rings.